The molecule has 1 amide bonds. The maximum absolute atomic E-state index is 11.5. The summed E-state index contributed by atoms with van der Waals surface area (Å²) in [5, 5.41) is 23.0. The van der Waals surface area contributed by atoms with Crippen LogP contribution in [0.4, 0.5) is 0 Å². The summed E-state index contributed by atoms with van der Waals surface area (Å²) in [6, 6.07) is -0.790. The molecule has 136 valence electrons. The molecule has 0 spiro atoms. The fourth-order valence-corrected chi connectivity index (χ4v) is 2.46. The second kappa shape index (κ2) is 7.44. The van der Waals surface area contributed by atoms with Gasteiger partial charge in [-0.15, -0.1) is 0 Å². The maximum Gasteiger partial charge on any atom is 0.217 e. The molecule has 1 aliphatic rings. The van der Waals surface area contributed by atoms with Gasteiger partial charge in [0.2, 0.25) is 5.91 Å². The van der Waals surface area contributed by atoms with Crippen LogP contribution in [-0.4, -0.2) is 64.6 Å². The fraction of sp³-hybridized carbons (Fsp3) is 0.938. The van der Waals surface area contributed by atoms with Gasteiger partial charge in [0.25, 0.3) is 0 Å². The van der Waals surface area contributed by atoms with Crippen LogP contribution < -0.4 is 5.32 Å². The molecule has 0 radical (unpaired) electrons. The van der Waals surface area contributed by atoms with E-state index in [-0.39, 0.29) is 12.5 Å². The van der Waals surface area contributed by atoms with Crippen LogP contribution in [0.25, 0.3) is 0 Å². The third-order valence-electron chi connectivity index (χ3n) is 3.18. The van der Waals surface area contributed by atoms with E-state index in [2.05, 4.69) is 5.32 Å². The van der Waals surface area contributed by atoms with Gasteiger partial charge in [0.15, 0.2) is 6.29 Å². The van der Waals surface area contributed by atoms with Gasteiger partial charge < -0.3 is 29.7 Å². The summed E-state index contributed by atoms with van der Waals surface area (Å²) in [7, 11) is 0. The van der Waals surface area contributed by atoms with Crippen LogP contribution in [0, 0.1) is 0 Å². The first-order valence-corrected chi connectivity index (χ1v) is 7.91. The first-order valence-electron chi connectivity index (χ1n) is 7.91. The number of aliphatic hydroxyl groups is 2. The van der Waals surface area contributed by atoms with E-state index < -0.39 is 41.8 Å². The van der Waals surface area contributed by atoms with Crippen LogP contribution in [0.1, 0.15) is 48.5 Å². The summed E-state index contributed by atoms with van der Waals surface area (Å²) >= 11 is 0. The third-order valence-corrected chi connectivity index (χ3v) is 3.18. The molecule has 1 saturated heterocycles. The zero-order valence-electron chi connectivity index (χ0n) is 15.1. The Hall–Kier alpha value is -0.730. The minimum atomic E-state index is -1.07. The second-order valence-electron chi connectivity index (χ2n) is 7.87. The van der Waals surface area contributed by atoms with Crippen molar-refractivity contribution < 1.29 is 29.2 Å². The Morgan fingerprint density at radius 1 is 1.13 bits per heavy atom. The summed E-state index contributed by atoms with van der Waals surface area (Å²) in [6.07, 6.45) is -3.49. The van der Waals surface area contributed by atoms with Crippen molar-refractivity contribution in [1.82, 2.24) is 5.32 Å². The van der Waals surface area contributed by atoms with Crippen molar-refractivity contribution in [3.63, 3.8) is 0 Å². The molecule has 1 fully saturated rings. The number of carbonyl (C=O) groups is 1. The summed E-state index contributed by atoms with van der Waals surface area (Å²) < 4.78 is 17.4. The molecule has 0 aromatic rings. The van der Waals surface area contributed by atoms with Crippen LogP contribution in [-0.2, 0) is 19.0 Å². The van der Waals surface area contributed by atoms with E-state index in [0.29, 0.717) is 0 Å². The smallest absolute Gasteiger partial charge is 0.217 e. The molecule has 1 aliphatic heterocycles. The van der Waals surface area contributed by atoms with Gasteiger partial charge in [0.05, 0.1) is 17.8 Å². The van der Waals surface area contributed by atoms with E-state index in [1.807, 2.05) is 41.5 Å². The third kappa shape index (κ3) is 6.35. The largest absolute Gasteiger partial charge is 0.394 e. The normalized spacial score (nSPS) is 32.7. The summed E-state index contributed by atoms with van der Waals surface area (Å²) in [5.41, 5.74) is -1.08. The van der Waals surface area contributed by atoms with Crippen molar-refractivity contribution in [3.05, 3.63) is 0 Å². The standard InChI is InChI=1S/C16H31NO6/c1-9(19)17-11-12(20)13(22-15(2,3)4)10(8-18)21-14(11)23-16(5,6)7/h10-14,18,20H,8H2,1-7H3,(H,17,19). The molecule has 23 heavy (non-hydrogen) atoms. The lowest BCUT2D eigenvalue weighted by atomic mass is 9.95. The van der Waals surface area contributed by atoms with Gasteiger partial charge in [-0.05, 0) is 41.5 Å². The Labute approximate surface area is 138 Å². The van der Waals surface area contributed by atoms with Crippen molar-refractivity contribution in [2.75, 3.05) is 6.61 Å². The molecule has 3 N–H and O–H groups in total. The lowest BCUT2D eigenvalue weighted by Crippen LogP contribution is -2.66. The number of hydrogen-bond acceptors (Lipinski definition) is 6. The molecule has 0 aromatic heterocycles. The number of hydrogen-bond donors (Lipinski definition) is 3. The SMILES string of the molecule is CC(=O)NC1C(OC(C)(C)C)OC(CO)C(OC(C)(C)C)C1O. The highest BCUT2D eigenvalue weighted by atomic mass is 16.7. The number of rotatable bonds is 4. The molecule has 7 nitrogen and oxygen atoms in total. The Kier molecular flexibility index (Phi) is 6.57. The van der Waals surface area contributed by atoms with Gasteiger partial charge in [-0.3, -0.25) is 4.79 Å². The Morgan fingerprint density at radius 2 is 1.65 bits per heavy atom. The van der Waals surface area contributed by atoms with Gasteiger partial charge in [0, 0.05) is 6.92 Å². The number of ether oxygens (including phenoxy) is 3. The van der Waals surface area contributed by atoms with Gasteiger partial charge in [-0.2, -0.15) is 0 Å². The van der Waals surface area contributed by atoms with E-state index >= 15 is 0 Å². The maximum atomic E-state index is 11.5. The molecular weight excluding hydrogens is 302 g/mol. The number of carbonyl (C=O) groups excluding carboxylic acids is 1. The van der Waals surface area contributed by atoms with Gasteiger partial charge in [-0.25, -0.2) is 0 Å². The predicted octanol–water partition coefficient (Wildman–Crippen LogP) is 0.568. The summed E-state index contributed by atoms with van der Waals surface area (Å²) in [6.45, 7) is 12.1. The van der Waals surface area contributed by atoms with Crippen LogP contribution >= 0.6 is 0 Å². The molecule has 0 bridgehead atoms. The molecular formula is C16H31NO6. The lowest BCUT2D eigenvalue weighted by Gasteiger charge is -2.47. The highest BCUT2D eigenvalue weighted by molar-refractivity contribution is 5.73. The molecule has 0 saturated carbocycles. The molecule has 0 aromatic carbocycles. The summed E-state index contributed by atoms with van der Waals surface area (Å²) in [4.78, 5) is 11.5. The van der Waals surface area contributed by atoms with Gasteiger partial charge in [0.1, 0.15) is 24.4 Å². The Balaban J connectivity index is 3.05. The van der Waals surface area contributed by atoms with E-state index in [1.54, 1.807) is 0 Å². The zero-order valence-corrected chi connectivity index (χ0v) is 15.1. The Bertz CT molecular complexity index is 400. The summed E-state index contributed by atoms with van der Waals surface area (Å²) in [5.74, 6) is -0.308. The van der Waals surface area contributed by atoms with Crippen LogP contribution in [0.5, 0.6) is 0 Å². The molecule has 1 rings (SSSR count). The van der Waals surface area contributed by atoms with Crippen LogP contribution in [0.15, 0.2) is 0 Å². The molecule has 5 atom stereocenters. The quantitative estimate of drug-likeness (QED) is 0.696. The van der Waals surface area contributed by atoms with E-state index in [4.69, 9.17) is 14.2 Å². The van der Waals surface area contributed by atoms with Crippen LogP contribution in [0.3, 0.4) is 0 Å². The molecule has 7 heteroatoms. The number of nitrogens with one attached hydrogen (secondary N) is 1. The van der Waals surface area contributed by atoms with E-state index in [9.17, 15) is 15.0 Å². The van der Waals surface area contributed by atoms with Crippen molar-refractivity contribution in [2.24, 2.45) is 0 Å². The fourth-order valence-electron chi connectivity index (χ4n) is 2.46. The minimum Gasteiger partial charge on any atom is -0.394 e. The zero-order chi connectivity index (χ0) is 18.0. The van der Waals surface area contributed by atoms with Crippen molar-refractivity contribution in [3.8, 4) is 0 Å². The first-order chi connectivity index (χ1) is 10.3. The van der Waals surface area contributed by atoms with Gasteiger partial charge >= 0.3 is 0 Å². The average Bonchev–Trinajstić information content (AvgIpc) is 2.33. The van der Waals surface area contributed by atoms with Crippen molar-refractivity contribution in [1.29, 1.82) is 0 Å². The minimum absolute atomic E-state index is 0.308. The van der Waals surface area contributed by atoms with Crippen molar-refractivity contribution in [2.45, 2.75) is 90.3 Å². The Morgan fingerprint density at radius 3 is 2.04 bits per heavy atom. The first kappa shape index (κ1) is 20.3. The van der Waals surface area contributed by atoms with E-state index in [1.165, 1.54) is 6.92 Å². The van der Waals surface area contributed by atoms with Crippen LogP contribution in [0.2, 0.25) is 0 Å². The average molecular weight is 333 g/mol. The van der Waals surface area contributed by atoms with Gasteiger partial charge in [-0.1, -0.05) is 0 Å². The molecule has 1 heterocycles. The second-order valence-corrected chi connectivity index (χ2v) is 7.87. The topological polar surface area (TPSA) is 97.3 Å². The highest BCUT2D eigenvalue weighted by Crippen LogP contribution is 2.29. The lowest BCUT2D eigenvalue weighted by molar-refractivity contribution is -0.308. The molecule has 5 unspecified atom stereocenters. The number of amides is 1. The highest BCUT2D eigenvalue weighted by Gasteiger charge is 2.48. The predicted molar refractivity (Wildman–Crippen MR) is 84.8 cm³/mol. The van der Waals surface area contributed by atoms with E-state index in [0.717, 1.165) is 0 Å². The molecule has 0 aliphatic carbocycles. The monoisotopic (exact) mass is 333 g/mol. The number of aliphatic hydroxyl groups excluding tert-OH is 2. The van der Waals surface area contributed by atoms with Crippen molar-refractivity contribution >= 4 is 5.91 Å².